The van der Waals surface area contributed by atoms with E-state index in [4.69, 9.17) is 4.74 Å². The second kappa shape index (κ2) is 3.47. The summed E-state index contributed by atoms with van der Waals surface area (Å²) < 4.78 is 5.61. The first-order valence-electron chi connectivity index (χ1n) is 6.69. The molecule has 0 aromatic rings. The molecule has 1 heterocycles. The molecule has 2 saturated carbocycles. The molecule has 0 bridgehead atoms. The topological polar surface area (TPSA) is 87.0 Å². The molecule has 5 atom stereocenters. The van der Waals surface area contributed by atoms with Gasteiger partial charge >= 0.3 is 0 Å². The fourth-order valence-corrected chi connectivity index (χ4v) is 4.05. The van der Waals surface area contributed by atoms with Gasteiger partial charge in [0.2, 0.25) is 11.6 Å². The highest BCUT2D eigenvalue weighted by Gasteiger charge is 2.84. The Morgan fingerprint density at radius 1 is 1.47 bits per heavy atom. The Bertz CT molecular complexity index is 480. The first-order chi connectivity index (χ1) is 8.65. The third-order valence-corrected chi connectivity index (χ3v) is 4.93. The molecule has 5 heteroatoms. The van der Waals surface area contributed by atoms with Gasteiger partial charge in [-0.05, 0) is 33.3 Å². The van der Waals surface area contributed by atoms with Gasteiger partial charge in [-0.25, -0.2) is 0 Å². The molecule has 106 valence electrons. The van der Waals surface area contributed by atoms with Crippen molar-refractivity contribution in [1.82, 2.24) is 0 Å². The van der Waals surface area contributed by atoms with E-state index < -0.39 is 34.8 Å². The van der Waals surface area contributed by atoms with Crippen molar-refractivity contribution in [2.45, 2.75) is 57.2 Å². The lowest BCUT2D eigenvalue weighted by atomic mass is 9.73. The summed E-state index contributed by atoms with van der Waals surface area (Å²) in [6.45, 7) is 5.20. The molecule has 3 aliphatic rings. The van der Waals surface area contributed by atoms with E-state index in [9.17, 15) is 20.1 Å². The highest BCUT2D eigenvalue weighted by atomic mass is 16.7. The summed E-state index contributed by atoms with van der Waals surface area (Å²) in [6.07, 6.45) is 0.538. The molecular formula is C14H20O5. The van der Waals surface area contributed by atoms with Crippen LogP contribution in [0.1, 0.15) is 33.6 Å². The van der Waals surface area contributed by atoms with Crippen LogP contribution in [0.5, 0.6) is 0 Å². The minimum absolute atomic E-state index is 0.00273. The molecular weight excluding hydrogens is 248 g/mol. The Labute approximate surface area is 111 Å². The Kier molecular flexibility index (Phi) is 2.42. The number of ketones is 1. The van der Waals surface area contributed by atoms with Crippen LogP contribution >= 0.6 is 0 Å². The summed E-state index contributed by atoms with van der Waals surface area (Å²) in [5, 5.41) is 30.5. The van der Waals surface area contributed by atoms with Crippen molar-refractivity contribution in [3.8, 4) is 0 Å². The van der Waals surface area contributed by atoms with Gasteiger partial charge in [-0.15, -0.1) is 0 Å². The second-order valence-electron chi connectivity index (χ2n) is 6.63. The van der Waals surface area contributed by atoms with Gasteiger partial charge < -0.3 is 20.1 Å². The van der Waals surface area contributed by atoms with Crippen molar-refractivity contribution in [2.24, 2.45) is 11.3 Å². The summed E-state index contributed by atoms with van der Waals surface area (Å²) >= 11 is 0. The number of rotatable bonds is 1. The molecule has 3 N–H and O–H groups in total. The molecule has 3 fully saturated rings. The molecule has 1 aliphatic heterocycles. The van der Waals surface area contributed by atoms with Crippen molar-refractivity contribution in [3.63, 3.8) is 0 Å². The van der Waals surface area contributed by atoms with Crippen molar-refractivity contribution in [1.29, 1.82) is 0 Å². The number of carbonyl (C=O) groups excluding carboxylic acids is 1. The highest BCUT2D eigenvalue weighted by molar-refractivity contribution is 6.03. The first kappa shape index (κ1) is 13.2. The number of aliphatic hydroxyl groups excluding tert-OH is 2. The van der Waals surface area contributed by atoms with Crippen molar-refractivity contribution in [3.05, 3.63) is 11.6 Å². The normalized spacial score (nSPS) is 50.8. The summed E-state index contributed by atoms with van der Waals surface area (Å²) in [5.74, 6) is -2.46. The largest absolute Gasteiger partial charge is 0.392 e. The molecule has 0 aromatic carbocycles. The lowest BCUT2D eigenvalue weighted by Crippen LogP contribution is -2.57. The maximum absolute atomic E-state index is 12.5. The van der Waals surface area contributed by atoms with Gasteiger partial charge in [-0.3, -0.25) is 4.79 Å². The minimum Gasteiger partial charge on any atom is -0.392 e. The quantitative estimate of drug-likeness (QED) is 0.588. The van der Waals surface area contributed by atoms with E-state index in [0.29, 0.717) is 6.42 Å². The van der Waals surface area contributed by atoms with Crippen molar-refractivity contribution < 1.29 is 24.9 Å². The van der Waals surface area contributed by atoms with E-state index in [1.807, 2.05) is 13.8 Å². The molecule has 3 rings (SSSR count). The average Bonchev–Trinajstić information content (AvgIpc) is 2.97. The molecule has 0 radical (unpaired) electrons. The third-order valence-electron chi connectivity index (χ3n) is 4.93. The van der Waals surface area contributed by atoms with E-state index >= 15 is 0 Å². The van der Waals surface area contributed by atoms with Crippen LogP contribution in [-0.4, -0.2) is 44.7 Å². The van der Waals surface area contributed by atoms with Crippen LogP contribution in [0, 0.1) is 11.3 Å². The smallest absolute Gasteiger partial charge is 0.240 e. The van der Waals surface area contributed by atoms with Crippen molar-refractivity contribution in [2.75, 3.05) is 0 Å². The highest BCUT2D eigenvalue weighted by Crippen LogP contribution is 2.75. The molecule has 5 nitrogen and oxygen atoms in total. The molecule has 19 heavy (non-hydrogen) atoms. The van der Waals surface area contributed by atoms with Crippen LogP contribution in [0.3, 0.4) is 0 Å². The van der Waals surface area contributed by atoms with Crippen LogP contribution in [0.4, 0.5) is 0 Å². The van der Waals surface area contributed by atoms with Crippen LogP contribution in [0.2, 0.25) is 0 Å². The van der Waals surface area contributed by atoms with Gasteiger partial charge in [0.05, 0.1) is 23.2 Å². The van der Waals surface area contributed by atoms with E-state index in [-0.39, 0.29) is 17.9 Å². The Balaban J connectivity index is 2.05. The van der Waals surface area contributed by atoms with Crippen LogP contribution in [0.25, 0.3) is 0 Å². The fourth-order valence-electron chi connectivity index (χ4n) is 4.05. The maximum atomic E-state index is 12.5. The lowest BCUT2D eigenvalue weighted by Gasteiger charge is -2.40. The van der Waals surface area contributed by atoms with Gasteiger partial charge in [0, 0.05) is 17.9 Å². The molecule has 0 unspecified atom stereocenters. The number of aliphatic hydroxyl groups is 3. The molecule has 0 aromatic heterocycles. The zero-order valence-corrected chi connectivity index (χ0v) is 11.4. The minimum atomic E-state index is -1.94. The van der Waals surface area contributed by atoms with Gasteiger partial charge in [-0.1, -0.05) is 0 Å². The summed E-state index contributed by atoms with van der Waals surface area (Å²) in [4.78, 5) is 12.5. The molecule has 2 aliphatic carbocycles. The molecule has 1 saturated heterocycles. The number of carbonyl (C=O) groups is 1. The Morgan fingerprint density at radius 2 is 2.11 bits per heavy atom. The van der Waals surface area contributed by atoms with Gasteiger partial charge in [-0.2, -0.15) is 0 Å². The number of ether oxygens (including phenoxy) is 1. The number of Topliss-reactive ketones (excluding diaryl/α,β-unsaturated/α-hetero) is 1. The zero-order chi connectivity index (χ0) is 14.2. The SMILES string of the molecule is C[C@@H](O)/C=C1\C[C@H](O)[C@]23C[C@H]2C(C)(C)O[C@]3(O)C1=O. The Morgan fingerprint density at radius 3 is 2.63 bits per heavy atom. The number of hydrogen-bond donors (Lipinski definition) is 3. The Hall–Kier alpha value is -0.750. The monoisotopic (exact) mass is 268 g/mol. The first-order valence-corrected chi connectivity index (χ1v) is 6.69. The van der Waals surface area contributed by atoms with Crippen LogP contribution in [-0.2, 0) is 9.53 Å². The second-order valence-corrected chi connectivity index (χ2v) is 6.63. The van der Waals surface area contributed by atoms with E-state index in [0.717, 1.165) is 0 Å². The van der Waals surface area contributed by atoms with Gasteiger partial charge in [0.25, 0.3) is 0 Å². The predicted molar refractivity (Wildman–Crippen MR) is 66.0 cm³/mol. The summed E-state index contributed by atoms with van der Waals surface area (Å²) in [6, 6.07) is 0. The average molecular weight is 268 g/mol. The summed E-state index contributed by atoms with van der Waals surface area (Å²) in [5.41, 5.74) is -1.23. The van der Waals surface area contributed by atoms with Crippen molar-refractivity contribution >= 4 is 5.78 Å². The van der Waals surface area contributed by atoms with Crippen LogP contribution < -0.4 is 0 Å². The fraction of sp³-hybridized carbons (Fsp3) is 0.786. The van der Waals surface area contributed by atoms with Gasteiger partial charge in [0.1, 0.15) is 0 Å². The van der Waals surface area contributed by atoms with Gasteiger partial charge in [0.15, 0.2) is 0 Å². The lowest BCUT2D eigenvalue weighted by molar-refractivity contribution is -0.255. The van der Waals surface area contributed by atoms with E-state index in [1.54, 1.807) is 0 Å². The van der Waals surface area contributed by atoms with E-state index in [2.05, 4.69) is 0 Å². The standard InChI is InChI=1S/C14H20O5/c1-7(15)4-8-5-10(16)13-6-9(13)12(2,3)19-14(13,18)11(8)17/h4,7,9-10,15-16,18H,5-6H2,1-3H3/b8-4+/t7-,9+,10+,13+,14-/m1/s1. The predicted octanol–water partition coefficient (Wildman–Crippen LogP) is 0.131. The molecule has 1 spiro atoms. The van der Waals surface area contributed by atoms with E-state index in [1.165, 1.54) is 13.0 Å². The number of hydrogen-bond acceptors (Lipinski definition) is 5. The third kappa shape index (κ3) is 1.41. The maximum Gasteiger partial charge on any atom is 0.240 e. The molecule has 0 amide bonds. The van der Waals surface area contributed by atoms with Crippen LogP contribution in [0.15, 0.2) is 11.6 Å². The summed E-state index contributed by atoms with van der Waals surface area (Å²) in [7, 11) is 0. The zero-order valence-electron chi connectivity index (χ0n) is 11.4.